The van der Waals surface area contributed by atoms with Crippen LogP contribution < -0.4 is 5.30 Å². The van der Waals surface area contributed by atoms with Crippen molar-refractivity contribution in [1.29, 1.82) is 0 Å². The maximum atomic E-state index is 12.5. The highest BCUT2D eigenvalue weighted by Gasteiger charge is 2.41. The van der Waals surface area contributed by atoms with Crippen molar-refractivity contribution in [3.63, 3.8) is 0 Å². The van der Waals surface area contributed by atoms with Crippen LogP contribution in [0.3, 0.4) is 0 Å². The Balaban J connectivity index is 3.04. The van der Waals surface area contributed by atoms with E-state index in [0.29, 0.717) is 0 Å². The van der Waals surface area contributed by atoms with E-state index in [4.69, 9.17) is 5.11 Å². The fraction of sp³-hybridized carbons (Fsp3) is 0.500. The maximum Gasteiger partial charge on any atom is 0.307 e. The van der Waals surface area contributed by atoms with Gasteiger partial charge in [-0.1, -0.05) is 6.92 Å². The molecule has 1 aromatic rings. The first-order valence-electron chi connectivity index (χ1n) is 6.10. The molecule has 0 aromatic carbocycles. The predicted molar refractivity (Wildman–Crippen MR) is 75.9 cm³/mol. The summed E-state index contributed by atoms with van der Waals surface area (Å²) in [4.78, 5) is 32.2. The Morgan fingerprint density at radius 2 is 2.05 bits per heavy atom. The minimum atomic E-state index is -3.84. The Bertz CT molecular complexity index is 512. The molecule has 1 heterocycles. The summed E-state index contributed by atoms with van der Waals surface area (Å²) in [5, 5.41) is 21.3. The number of carbonyl (C=O) groups is 2. The quantitative estimate of drug-likeness (QED) is 0.632. The molecule has 1 aromatic heterocycles. The molecule has 0 saturated heterocycles. The van der Waals surface area contributed by atoms with E-state index in [1.165, 1.54) is 22.8 Å². The van der Waals surface area contributed by atoms with Crippen LogP contribution in [0.4, 0.5) is 0 Å². The first-order valence-corrected chi connectivity index (χ1v) is 8.77. The lowest BCUT2D eigenvalue weighted by molar-refractivity contribution is -0.143. The fourth-order valence-electron chi connectivity index (χ4n) is 2.17. The number of hydrogen-bond acceptors (Lipinski definition) is 4. The molecule has 0 radical (unpaired) electrons. The fourth-order valence-corrected chi connectivity index (χ4v) is 5.51. The number of carboxylic acids is 2. The molecule has 0 fully saturated rings. The number of aliphatic carboxylic acids is 2. The molecule has 0 spiro atoms. The van der Waals surface area contributed by atoms with E-state index >= 15 is 0 Å². The van der Waals surface area contributed by atoms with Gasteiger partial charge in [0.05, 0.1) is 11.6 Å². The van der Waals surface area contributed by atoms with Crippen LogP contribution in [0.2, 0.25) is 0 Å². The molecular weight excluding hydrogens is 303 g/mol. The van der Waals surface area contributed by atoms with Gasteiger partial charge in [0.25, 0.3) is 0 Å². The van der Waals surface area contributed by atoms with Gasteiger partial charge in [-0.3, -0.25) is 14.2 Å². The van der Waals surface area contributed by atoms with Crippen LogP contribution in [0, 0.1) is 5.92 Å². The third-order valence-corrected chi connectivity index (χ3v) is 6.69. The van der Waals surface area contributed by atoms with E-state index in [9.17, 15) is 24.2 Å². The molecule has 20 heavy (non-hydrogen) atoms. The first-order chi connectivity index (χ1) is 9.30. The summed E-state index contributed by atoms with van der Waals surface area (Å²) >= 11 is 1.26. The molecule has 0 aliphatic rings. The van der Waals surface area contributed by atoms with Crippen LogP contribution in [0.15, 0.2) is 16.8 Å². The van der Waals surface area contributed by atoms with E-state index in [2.05, 4.69) is 0 Å². The van der Waals surface area contributed by atoms with Crippen molar-refractivity contribution < 1.29 is 29.3 Å². The zero-order valence-corrected chi connectivity index (χ0v) is 12.6. The Hall–Kier alpha value is -1.17. The van der Waals surface area contributed by atoms with Gasteiger partial charge >= 0.3 is 11.9 Å². The highest BCUT2D eigenvalue weighted by atomic mass is 32.1. The van der Waals surface area contributed by atoms with Gasteiger partial charge in [0.2, 0.25) is 7.37 Å². The maximum absolute atomic E-state index is 12.5. The number of thiophene rings is 1. The monoisotopic (exact) mass is 320 g/mol. The van der Waals surface area contributed by atoms with Gasteiger partial charge in [0.1, 0.15) is 0 Å². The standard InChI is InChI=1S/C12H17O6PS/c1-2-10(9(12(15)16)3-4-11(13)14)19(17,18)8-5-6-20-7-8/h5-7,9-10H,2-4H2,1H3,(H,13,14)(H,15,16)(H,17,18). The topological polar surface area (TPSA) is 112 Å². The van der Waals surface area contributed by atoms with Gasteiger partial charge in [0.15, 0.2) is 0 Å². The van der Waals surface area contributed by atoms with Crippen molar-refractivity contribution in [1.82, 2.24) is 0 Å². The summed E-state index contributed by atoms with van der Waals surface area (Å²) in [6.45, 7) is 1.64. The zero-order valence-electron chi connectivity index (χ0n) is 10.9. The van der Waals surface area contributed by atoms with Gasteiger partial charge in [0, 0.05) is 17.1 Å². The summed E-state index contributed by atoms with van der Waals surface area (Å²) in [6, 6.07) is 1.50. The second-order valence-corrected chi connectivity index (χ2v) is 7.66. The molecule has 8 heteroatoms. The minimum absolute atomic E-state index is 0.155. The van der Waals surface area contributed by atoms with Crippen molar-refractivity contribution in [2.24, 2.45) is 5.92 Å². The Morgan fingerprint density at radius 3 is 2.45 bits per heavy atom. The summed E-state index contributed by atoms with van der Waals surface area (Å²) in [7, 11) is -3.84. The van der Waals surface area contributed by atoms with E-state index in [1.54, 1.807) is 12.3 Å². The molecule has 0 aliphatic heterocycles. The van der Waals surface area contributed by atoms with Crippen LogP contribution >= 0.6 is 18.7 Å². The van der Waals surface area contributed by atoms with E-state index in [1.807, 2.05) is 0 Å². The van der Waals surface area contributed by atoms with Crippen molar-refractivity contribution in [3.05, 3.63) is 16.8 Å². The third-order valence-electron chi connectivity index (χ3n) is 3.19. The van der Waals surface area contributed by atoms with Crippen LogP contribution in [-0.4, -0.2) is 32.7 Å². The lowest BCUT2D eigenvalue weighted by Crippen LogP contribution is -2.31. The summed E-state index contributed by atoms with van der Waals surface area (Å²) in [5.74, 6) is -3.50. The van der Waals surface area contributed by atoms with Crippen LogP contribution in [0.1, 0.15) is 26.2 Å². The van der Waals surface area contributed by atoms with Crippen molar-refractivity contribution in [2.75, 3.05) is 0 Å². The number of rotatable bonds is 8. The zero-order chi connectivity index (χ0) is 15.3. The van der Waals surface area contributed by atoms with Crippen molar-refractivity contribution in [3.8, 4) is 0 Å². The smallest absolute Gasteiger partial charge is 0.307 e. The molecule has 0 saturated carbocycles. The van der Waals surface area contributed by atoms with E-state index in [0.717, 1.165) is 0 Å². The van der Waals surface area contributed by atoms with Crippen molar-refractivity contribution in [2.45, 2.75) is 31.8 Å². The first kappa shape index (κ1) is 16.9. The van der Waals surface area contributed by atoms with Gasteiger partial charge < -0.3 is 15.1 Å². The molecular formula is C12H17O6PS. The molecule has 0 aliphatic carbocycles. The molecule has 6 nitrogen and oxygen atoms in total. The summed E-state index contributed by atoms with van der Waals surface area (Å²) in [5.41, 5.74) is -0.978. The molecule has 1 rings (SSSR count). The van der Waals surface area contributed by atoms with Gasteiger partial charge in [-0.15, -0.1) is 0 Å². The second-order valence-electron chi connectivity index (χ2n) is 4.46. The highest BCUT2D eigenvalue weighted by Crippen LogP contribution is 2.51. The molecule has 3 unspecified atom stereocenters. The second kappa shape index (κ2) is 7.02. The summed E-state index contributed by atoms with van der Waals surface area (Å²) < 4.78 is 12.5. The summed E-state index contributed by atoms with van der Waals surface area (Å²) in [6.07, 6.45) is -0.296. The van der Waals surface area contributed by atoms with Gasteiger partial charge in [-0.2, -0.15) is 11.3 Å². The van der Waals surface area contributed by atoms with Gasteiger partial charge in [-0.05, 0) is 24.3 Å². The van der Waals surface area contributed by atoms with E-state index < -0.39 is 30.9 Å². The van der Waals surface area contributed by atoms with Crippen LogP contribution in [0.5, 0.6) is 0 Å². The Morgan fingerprint density at radius 1 is 1.40 bits per heavy atom. The van der Waals surface area contributed by atoms with Crippen molar-refractivity contribution >= 4 is 35.9 Å². The predicted octanol–water partition coefficient (Wildman–Crippen LogP) is 1.99. The lowest BCUT2D eigenvalue weighted by atomic mass is 9.97. The lowest BCUT2D eigenvalue weighted by Gasteiger charge is -2.26. The van der Waals surface area contributed by atoms with E-state index in [-0.39, 0.29) is 24.6 Å². The highest BCUT2D eigenvalue weighted by molar-refractivity contribution is 7.67. The van der Waals surface area contributed by atoms with Gasteiger partial charge in [-0.25, -0.2) is 0 Å². The average Bonchev–Trinajstić information content (AvgIpc) is 2.87. The minimum Gasteiger partial charge on any atom is -0.481 e. The molecule has 112 valence electrons. The van der Waals surface area contributed by atoms with Crippen LogP contribution in [0.25, 0.3) is 0 Å². The molecule has 3 atom stereocenters. The normalized spacial score (nSPS) is 17.1. The average molecular weight is 320 g/mol. The largest absolute Gasteiger partial charge is 0.481 e. The number of hydrogen-bond donors (Lipinski definition) is 3. The third kappa shape index (κ3) is 3.91. The van der Waals surface area contributed by atoms with Crippen LogP contribution in [-0.2, 0) is 14.2 Å². The number of carboxylic acid groups (broad SMARTS) is 2. The Labute approximate surface area is 120 Å². The SMILES string of the molecule is CCC(C(CCC(=O)O)C(=O)O)P(=O)(O)c1ccsc1. The Kier molecular flexibility index (Phi) is 5.92. The molecule has 0 bridgehead atoms. The molecule has 3 N–H and O–H groups in total. The molecule has 0 amide bonds.